The highest BCUT2D eigenvalue weighted by molar-refractivity contribution is 9.10. The minimum absolute atomic E-state index is 0.0522. The van der Waals surface area contributed by atoms with E-state index in [1.165, 1.54) is 12.8 Å². The van der Waals surface area contributed by atoms with E-state index in [4.69, 9.17) is 5.73 Å². The fourth-order valence-electron chi connectivity index (χ4n) is 1.60. The summed E-state index contributed by atoms with van der Waals surface area (Å²) < 4.78 is 0.971. The highest BCUT2D eigenvalue weighted by Gasteiger charge is 2.28. The first-order chi connectivity index (χ1) is 7.66. The highest BCUT2D eigenvalue weighted by atomic mass is 79.9. The van der Waals surface area contributed by atoms with Gasteiger partial charge in [-0.15, -0.1) is 0 Å². The van der Waals surface area contributed by atoms with Gasteiger partial charge in [0.05, 0.1) is 0 Å². The van der Waals surface area contributed by atoms with E-state index in [-0.39, 0.29) is 11.9 Å². The zero-order valence-corrected chi connectivity index (χ0v) is 10.5. The van der Waals surface area contributed by atoms with Gasteiger partial charge in [0, 0.05) is 22.6 Å². The molecular formula is C12H15BrN2O. The Labute approximate surface area is 104 Å². The highest BCUT2D eigenvalue weighted by Crippen LogP contribution is 2.31. The Morgan fingerprint density at radius 3 is 2.62 bits per heavy atom. The fourth-order valence-corrected chi connectivity index (χ4v) is 1.87. The monoisotopic (exact) mass is 282 g/mol. The summed E-state index contributed by atoms with van der Waals surface area (Å²) in [6, 6.07) is 7.41. The molecule has 1 aliphatic carbocycles. The Kier molecular flexibility index (Phi) is 3.61. The molecule has 1 aliphatic rings. The summed E-state index contributed by atoms with van der Waals surface area (Å²) in [5, 5.41) is 2.86. The summed E-state index contributed by atoms with van der Waals surface area (Å²) in [5.74, 6) is 0.564. The molecule has 86 valence electrons. The summed E-state index contributed by atoms with van der Waals surface area (Å²) in [4.78, 5) is 11.7. The Morgan fingerprint density at radius 1 is 1.44 bits per heavy atom. The molecule has 0 spiro atoms. The molecule has 1 aromatic carbocycles. The van der Waals surface area contributed by atoms with Crippen molar-refractivity contribution in [2.75, 3.05) is 6.54 Å². The second kappa shape index (κ2) is 4.97. The molecule has 1 fully saturated rings. The standard InChI is InChI=1S/C12H15BrN2O/c13-10-5-3-9(4-6-10)12(16)15-7-11(14)8-1-2-8/h3-6,8,11H,1-2,7,14H2,(H,15,16). The first-order valence-electron chi connectivity index (χ1n) is 5.46. The van der Waals surface area contributed by atoms with Gasteiger partial charge in [-0.2, -0.15) is 0 Å². The fraction of sp³-hybridized carbons (Fsp3) is 0.417. The van der Waals surface area contributed by atoms with Gasteiger partial charge < -0.3 is 11.1 Å². The van der Waals surface area contributed by atoms with Crippen molar-refractivity contribution in [1.82, 2.24) is 5.32 Å². The molecule has 2 rings (SSSR count). The Morgan fingerprint density at radius 2 is 2.06 bits per heavy atom. The number of carbonyl (C=O) groups excluding carboxylic acids is 1. The van der Waals surface area contributed by atoms with E-state index in [2.05, 4.69) is 21.2 Å². The lowest BCUT2D eigenvalue weighted by molar-refractivity contribution is 0.0950. The largest absolute Gasteiger partial charge is 0.350 e. The predicted molar refractivity (Wildman–Crippen MR) is 67.2 cm³/mol. The molecule has 3 N–H and O–H groups in total. The molecule has 0 saturated heterocycles. The maximum absolute atomic E-state index is 11.7. The maximum Gasteiger partial charge on any atom is 0.251 e. The maximum atomic E-state index is 11.7. The molecule has 1 saturated carbocycles. The minimum atomic E-state index is -0.0522. The van der Waals surface area contributed by atoms with Gasteiger partial charge in [-0.3, -0.25) is 4.79 Å². The van der Waals surface area contributed by atoms with Crippen LogP contribution in [0.25, 0.3) is 0 Å². The number of nitrogens with one attached hydrogen (secondary N) is 1. The zero-order chi connectivity index (χ0) is 11.5. The van der Waals surface area contributed by atoms with Crippen LogP contribution in [0.4, 0.5) is 0 Å². The number of amides is 1. The summed E-state index contributed by atoms with van der Waals surface area (Å²) >= 11 is 3.33. The van der Waals surface area contributed by atoms with E-state index in [1.54, 1.807) is 12.1 Å². The van der Waals surface area contributed by atoms with Gasteiger partial charge in [0.25, 0.3) is 5.91 Å². The number of nitrogens with two attached hydrogens (primary N) is 1. The molecule has 1 atom stereocenters. The van der Waals surface area contributed by atoms with Crippen molar-refractivity contribution in [1.29, 1.82) is 0 Å². The quantitative estimate of drug-likeness (QED) is 0.887. The smallest absolute Gasteiger partial charge is 0.251 e. The molecule has 0 heterocycles. The lowest BCUT2D eigenvalue weighted by Crippen LogP contribution is -2.38. The molecule has 4 heteroatoms. The van der Waals surface area contributed by atoms with Crippen LogP contribution >= 0.6 is 15.9 Å². The number of benzene rings is 1. The lowest BCUT2D eigenvalue weighted by Gasteiger charge is -2.11. The summed E-state index contributed by atoms with van der Waals surface area (Å²) in [6.07, 6.45) is 2.41. The van der Waals surface area contributed by atoms with Crippen molar-refractivity contribution >= 4 is 21.8 Å². The Bertz CT molecular complexity index is 373. The Hall–Kier alpha value is -0.870. The van der Waals surface area contributed by atoms with Crippen molar-refractivity contribution < 1.29 is 4.79 Å². The van der Waals surface area contributed by atoms with Crippen LogP contribution in [-0.4, -0.2) is 18.5 Å². The second-order valence-electron chi connectivity index (χ2n) is 4.22. The van der Waals surface area contributed by atoms with E-state index in [1.807, 2.05) is 12.1 Å². The third kappa shape index (κ3) is 3.06. The van der Waals surface area contributed by atoms with Gasteiger partial charge >= 0.3 is 0 Å². The molecule has 0 aromatic heterocycles. The van der Waals surface area contributed by atoms with Crippen LogP contribution in [-0.2, 0) is 0 Å². The van der Waals surface area contributed by atoms with Gasteiger partial charge in [0.2, 0.25) is 0 Å². The van der Waals surface area contributed by atoms with Crippen LogP contribution < -0.4 is 11.1 Å². The van der Waals surface area contributed by atoms with Crippen molar-refractivity contribution in [3.63, 3.8) is 0 Å². The molecule has 3 nitrogen and oxygen atoms in total. The SMILES string of the molecule is NC(CNC(=O)c1ccc(Br)cc1)C1CC1. The van der Waals surface area contributed by atoms with Crippen molar-refractivity contribution in [3.8, 4) is 0 Å². The van der Waals surface area contributed by atoms with Crippen molar-refractivity contribution in [2.24, 2.45) is 11.7 Å². The molecular weight excluding hydrogens is 268 g/mol. The van der Waals surface area contributed by atoms with E-state index in [0.717, 1.165) is 4.47 Å². The Balaban J connectivity index is 1.85. The second-order valence-corrected chi connectivity index (χ2v) is 5.13. The minimum Gasteiger partial charge on any atom is -0.350 e. The van der Waals surface area contributed by atoms with Crippen LogP contribution in [0.5, 0.6) is 0 Å². The van der Waals surface area contributed by atoms with E-state index < -0.39 is 0 Å². The number of carbonyl (C=O) groups is 1. The number of hydrogen-bond acceptors (Lipinski definition) is 2. The first kappa shape index (κ1) is 11.6. The predicted octanol–water partition coefficient (Wildman–Crippen LogP) is 1.92. The number of halogens is 1. The molecule has 0 aliphatic heterocycles. The van der Waals surface area contributed by atoms with Gasteiger partial charge in [-0.25, -0.2) is 0 Å². The topological polar surface area (TPSA) is 55.1 Å². The summed E-state index contributed by atoms with van der Waals surface area (Å²) in [6.45, 7) is 0.569. The number of hydrogen-bond donors (Lipinski definition) is 2. The van der Waals surface area contributed by atoms with Crippen molar-refractivity contribution in [2.45, 2.75) is 18.9 Å². The van der Waals surface area contributed by atoms with Gasteiger partial charge in [-0.1, -0.05) is 15.9 Å². The van der Waals surface area contributed by atoms with Gasteiger partial charge in [0.15, 0.2) is 0 Å². The normalized spacial score (nSPS) is 16.9. The summed E-state index contributed by atoms with van der Waals surface area (Å²) in [7, 11) is 0. The van der Waals surface area contributed by atoms with E-state index in [0.29, 0.717) is 18.0 Å². The third-order valence-corrected chi connectivity index (χ3v) is 3.36. The van der Waals surface area contributed by atoms with Crippen LogP contribution in [0.3, 0.4) is 0 Å². The molecule has 1 aromatic rings. The van der Waals surface area contributed by atoms with Gasteiger partial charge in [-0.05, 0) is 43.0 Å². The average molecular weight is 283 g/mol. The van der Waals surface area contributed by atoms with E-state index in [9.17, 15) is 4.79 Å². The van der Waals surface area contributed by atoms with Crippen LogP contribution in [0.2, 0.25) is 0 Å². The molecule has 0 bridgehead atoms. The average Bonchev–Trinajstić information content (AvgIpc) is 3.10. The molecule has 1 unspecified atom stereocenters. The molecule has 16 heavy (non-hydrogen) atoms. The number of rotatable bonds is 4. The molecule has 0 radical (unpaired) electrons. The van der Waals surface area contributed by atoms with Crippen molar-refractivity contribution in [3.05, 3.63) is 34.3 Å². The zero-order valence-electron chi connectivity index (χ0n) is 8.95. The van der Waals surface area contributed by atoms with Crippen LogP contribution in [0, 0.1) is 5.92 Å². The van der Waals surface area contributed by atoms with Gasteiger partial charge in [0.1, 0.15) is 0 Å². The third-order valence-electron chi connectivity index (χ3n) is 2.83. The molecule has 1 amide bonds. The van der Waals surface area contributed by atoms with Crippen LogP contribution in [0.1, 0.15) is 23.2 Å². The summed E-state index contributed by atoms with van der Waals surface area (Å²) in [5.41, 5.74) is 6.58. The lowest BCUT2D eigenvalue weighted by atomic mass is 10.2. The van der Waals surface area contributed by atoms with E-state index >= 15 is 0 Å². The first-order valence-corrected chi connectivity index (χ1v) is 6.25. The van der Waals surface area contributed by atoms with Crippen LogP contribution in [0.15, 0.2) is 28.7 Å².